The molecule has 180 valence electrons. The molecule has 8 heteroatoms. The second-order valence-electron chi connectivity index (χ2n) is 8.98. The molecule has 0 N–H and O–H groups in total. The normalized spacial score (nSPS) is 19.0. The lowest BCUT2D eigenvalue weighted by Crippen LogP contribution is -2.48. The minimum absolute atomic E-state index is 0.628. The number of piperazine rings is 1. The third kappa shape index (κ3) is 4.42. The van der Waals surface area contributed by atoms with E-state index in [1.807, 2.05) is 24.3 Å². The molecule has 2 saturated heterocycles. The van der Waals surface area contributed by atoms with Crippen molar-refractivity contribution in [1.29, 1.82) is 0 Å². The van der Waals surface area contributed by atoms with Gasteiger partial charge in [-0.1, -0.05) is 12.1 Å². The molecule has 3 aromatic rings. The van der Waals surface area contributed by atoms with Crippen molar-refractivity contribution in [3.8, 4) is 17.2 Å². The first kappa shape index (κ1) is 22.5. The fourth-order valence-electron chi connectivity index (χ4n) is 5.22. The first-order chi connectivity index (χ1) is 16.7. The van der Waals surface area contributed by atoms with Gasteiger partial charge < -0.3 is 24.0 Å². The van der Waals surface area contributed by atoms with E-state index in [0.29, 0.717) is 17.4 Å². The average molecular weight is 464 g/mol. The molecular formula is C26H33N5O3. The zero-order chi connectivity index (χ0) is 23.5. The summed E-state index contributed by atoms with van der Waals surface area (Å²) in [6.45, 7) is 7.32. The van der Waals surface area contributed by atoms with E-state index in [9.17, 15) is 0 Å². The number of hydrogen-bond donors (Lipinski definition) is 0. The summed E-state index contributed by atoms with van der Waals surface area (Å²) in [4.78, 5) is 16.5. The Hall–Kier alpha value is -3.26. The van der Waals surface area contributed by atoms with Gasteiger partial charge >= 0.3 is 0 Å². The van der Waals surface area contributed by atoms with E-state index < -0.39 is 0 Å². The highest BCUT2D eigenvalue weighted by molar-refractivity contribution is 5.92. The molecule has 2 aliphatic heterocycles. The third-order valence-corrected chi connectivity index (χ3v) is 7.02. The molecule has 0 amide bonds. The number of ether oxygens (including phenoxy) is 3. The molecule has 1 unspecified atom stereocenters. The zero-order valence-electron chi connectivity index (χ0n) is 20.2. The summed E-state index contributed by atoms with van der Waals surface area (Å²) in [6.07, 6.45) is 2.82. The van der Waals surface area contributed by atoms with Gasteiger partial charge in [0.05, 0.1) is 32.5 Å². The first-order valence-electron chi connectivity index (χ1n) is 11.9. The first-order valence-corrected chi connectivity index (χ1v) is 11.9. The average Bonchev–Trinajstić information content (AvgIpc) is 3.36. The van der Waals surface area contributed by atoms with Crippen LogP contribution < -0.4 is 24.0 Å². The van der Waals surface area contributed by atoms with Gasteiger partial charge in [0.1, 0.15) is 17.9 Å². The van der Waals surface area contributed by atoms with Crippen molar-refractivity contribution < 1.29 is 14.2 Å². The maximum absolute atomic E-state index is 5.56. The largest absolute Gasteiger partial charge is 0.495 e. The lowest BCUT2D eigenvalue weighted by molar-refractivity contribution is 0.225. The van der Waals surface area contributed by atoms with Gasteiger partial charge in [0, 0.05) is 57.3 Å². The summed E-state index contributed by atoms with van der Waals surface area (Å²) in [5.74, 6) is 3.95. The lowest BCUT2D eigenvalue weighted by atomic mass is 10.1. The minimum Gasteiger partial charge on any atom is -0.495 e. The molecule has 2 aliphatic rings. The van der Waals surface area contributed by atoms with E-state index in [2.05, 4.69) is 36.8 Å². The molecule has 5 rings (SSSR count). The fraction of sp³-hybridized carbons (Fsp3) is 0.462. The molecule has 34 heavy (non-hydrogen) atoms. The number of para-hydroxylation sites is 2. The van der Waals surface area contributed by atoms with Crippen LogP contribution in [0.3, 0.4) is 0 Å². The molecule has 0 saturated carbocycles. The molecule has 1 atom stereocenters. The Morgan fingerprint density at radius 2 is 1.56 bits per heavy atom. The van der Waals surface area contributed by atoms with Crippen LogP contribution in [0.4, 0.5) is 11.5 Å². The zero-order valence-corrected chi connectivity index (χ0v) is 20.2. The molecule has 3 heterocycles. The van der Waals surface area contributed by atoms with Crippen LogP contribution in [0.15, 0.2) is 42.7 Å². The second kappa shape index (κ2) is 9.93. The van der Waals surface area contributed by atoms with Crippen LogP contribution in [0.25, 0.3) is 10.9 Å². The predicted octanol–water partition coefficient (Wildman–Crippen LogP) is 3.30. The monoisotopic (exact) mass is 463 g/mol. The van der Waals surface area contributed by atoms with Gasteiger partial charge in [-0.3, -0.25) is 4.90 Å². The molecule has 8 nitrogen and oxygen atoms in total. The van der Waals surface area contributed by atoms with Crippen LogP contribution in [-0.4, -0.2) is 82.0 Å². The van der Waals surface area contributed by atoms with Crippen LogP contribution >= 0.6 is 0 Å². The number of aromatic nitrogens is 2. The number of fused-ring (bicyclic) bond motifs is 1. The van der Waals surface area contributed by atoms with Crippen LogP contribution in [-0.2, 0) is 0 Å². The van der Waals surface area contributed by atoms with Crippen molar-refractivity contribution in [2.24, 2.45) is 5.92 Å². The Labute approximate surface area is 201 Å². The van der Waals surface area contributed by atoms with Crippen molar-refractivity contribution in [3.05, 3.63) is 42.7 Å². The SMILES string of the molecule is COc1cc2ncnc(N3CCC(CN4CCN(c5ccccc5OC)CC4)C3)c2cc1OC. The second-order valence-corrected chi connectivity index (χ2v) is 8.98. The highest BCUT2D eigenvalue weighted by Gasteiger charge is 2.28. The van der Waals surface area contributed by atoms with Crippen LogP contribution in [0.5, 0.6) is 17.2 Å². The summed E-state index contributed by atoms with van der Waals surface area (Å²) in [6, 6.07) is 12.2. The molecule has 0 bridgehead atoms. The van der Waals surface area contributed by atoms with E-state index in [4.69, 9.17) is 14.2 Å². The van der Waals surface area contributed by atoms with E-state index in [0.717, 1.165) is 68.3 Å². The lowest BCUT2D eigenvalue weighted by Gasteiger charge is -2.37. The quantitative estimate of drug-likeness (QED) is 0.529. The highest BCUT2D eigenvalue weighted by atomic mass is 16.5. The molecule has 1 aromatic heterocycles. The van der Waals surface area contributed by atoms with Crippen molar-refractivity contribution in [3.63, 3.8) is 0 Å². The van der Waals surface area contributed by atoms with Crippen LogP contribution in [0, 0.1) is 5.92 Å². The fourth-order valence-corrected chi connectivity index (χ4v) is 5.22. The molecule has 2 fully saturated rings. The van der Waals surface area contributed by atoms with E-state index in [1.165, 1.54) is 12.1 Å². The smallest absolute Gasteiger partial charge is 0.162 e. The van der Waals surface area contributed by atoms with Crippen molar-refractivity contribution in [1.82, 2.24) is 14.9 Å². The Morgan fingerprint density at radius 1 is 0.824 bits per heavy atom. The summed E-state index contributed by atoms with van der Waals surface area (Å²) < 4.78 is 16.5. The highest BCUT2D eigenvalue weighted by Crippen LogP contribution is 2.36. The summed E-state index contributed by atoms with van der Waals surface area (Å²) in [5.41, 5.74) is 2.07. The third-order valence-electron chi connectivity index (χ3n) is 7.02. The number of nitrogens with zero attached hydrogens (tertiary/aromatic N) is 5. The standard InChI is InChI=1S/C26H33N5O3/c1-32-23-7-5-4-6-22(23)30-12-10-29(11-13-30)16-19-8-9-31(17-19)26-20-14-24(33-2)25(34-3)15-21(20)27-18-28-26/h4-7,14-15,18-19H,8-13,16-17H2,1-3H3. The number of benzene rings is 2. The van der Waals surface area contributed by atoms with Crippen LogP contribution in [0.2, 0.25) is 0 Å². The van der Waals surface area contributed by atoms with Crippen molar-refractivity contribution >= 4 is 22.4 Å². The van der Waals surface area contributed by atoms with Gasteiger partial charge in [0.25, 0.3) is 0 Å². The van der Waals surface area contributed by atoms with Gasteiger partial charge in [0.2, 0.25) is 0 Å². The number of anilines is 2. The molecule has 0 aliphatic carbocycles. The topological polar surface area (TPSA) is 63.2 Å². The van der Waals surface area contributed by atoms with E-state index in [1.54, 1.807) is 27.7 Å². The maximum atomic E-state index is 5.56. The Morgan fingerprint density at radius 3 is 2.32 bits per heavy atom. The number of methoxy groups -OCH3 is 3. The Kier molecular flexibility index (Phi) is 6.58. The van der Waals surface area contributed by atoms with Crippen molar-refractivity contribution in [2.45, 2.75) is 6.42 Å². The maximum Gasteiger partial charge on any atom is 0.162 e. The van der Waals surface area contributed by atoms with E-state index in [-0.39, 0.29) is 0 Å². The molecule has 0 radical (unpaired) electrons. The Balaban J connectivity index is 1.22. The van der Waals surface area contributed by atoms with Crippen molar-refractivity contribution in [2.75, 3.05) is 76.9 Å². The number of hydrogen-bond acceptors (Lipinski definition) is 8. The summed E-state index contributed by atoms with van der Waals surface area (Å²) in [7, 11) is 5.05. The van der Waals surface area contributed by atoms with Gasteiger partial charge in [-0.25, -0.2) is 9.97 Å². The Bertz CT molecular complexity index is 1130. The van der Waals surface area contributed by atoms with Crippen LogP contribution in [0.1, 0.15) is 6.42 Å². The van der Waals surface area contributed by atoms with Gasteiger partial charge in [-0.15, -0.1) is 0 Å². The minimum atomic E-state index is 0.628. The molecule has 2 aromatic carbocycles. The summed E-state index contributed by atoms with van der Waals surface area (Å²) in [5, 5.41) is 1.01. The molecular weight excluding hydrogens is 430 g/mol. The van der Waals surface area contributed by atoms with Gasteiger partial charge in [-0.2, -0.15) is 0 Å². The predicted molar refractivity (Wildman–Crippen MR) is 135 cm³/mol. The number of rotatable bonds is 7. The van der Waals surface area contributed by atoms with Gasteiger partial charge in [-0.05, 0) is 30.5 Å². The van der Waals surface area contributed by atoms with E-state index >= 15 is 0 Å². The van der Waals surface area contributed by atoms with Gasteiger partial charge in [0.15, 0.2) is 11.5 Å². The molecule has 0 spiro atoms. The summed E-state index contributed by atoms with van der Waals surface area (Å²) >= 11 is 0.